The molecule has 2 nitrogen and oxygen atoms in total. The van der Waals surface area contributed by atoms with E-state index in [1.165, 1.54) is 25.7 Å². The predicted octanol–water partition coefficient (Wildman–Crippen LogP) is 2.94. The van der Waals surface area contributed by atoms with Gasteiger partial charge in [0.1, 0.15) is 0 Å². The first-order chi connectivity index (χ1) is 6.25. The van der Waals surface area contributed by atoms with Crippen LogP contribution in [0.1, 0.15) is 44.3 Å². The van der Waals surface area contributed by atoms with Crippen molar-refractivity contribution in [3.8, 4) is 0 Å². The van der Waals surface area contributed by atoms with Crippen LogP contribution in [0.15, 0.2) is 12.5 Å². The molecular formula is C11H18N2. The summed E-state index contributed by atoms with van der Waals surface area (Å²) < 4.78 is 2.29. The van der Waals surface area contributed by atoms with Crippen LogP contribution in [0.25, 0.3) is 0 Å². The van der Waals surface area contributed by atoms with Crippen molar-refractivity contribution in [2.45, 2.75) is 45.6 Å². The van der Waals surface area contributed by atoms with Crippen molar-refractivity contribution in [3.63, 3.8) is 0 Å². The lowest BCUT2D eigenvalue weighted by atomic mass is 9.87. The third kappa shape index (κ3) is 1.93. The van der Waals surface area contributed by atoms with Crippen molar-refractivity contribution >= 4 is 0 Å². The smallest absolute Gasteiger partial charge is 0.0951 e. The highest BCUT2D eigenvalue weighted by Gasteiger charge is 2.18. The van der Waals surface area contributed by atoms with Gasteiger partial charge >= 0.3 is 0 Å². The fourth-order valence-corrected chi connectivity index (χ4v) is 2.18. The lowest BCUT2D eigenvalue weighted by Crippen LogP contribution is -2.15. The van der Waals surface area contributed by atoms with Crippen LogP contribution >= 0.6 is 0 Å². The van der Waals surface area contributed by atoms with Gasteiger partial charge in [0, 0.05) is 12.2 Å². The minimum atomic E-state index is 0.720. The summed E-state index contributed by atoms with van der Waals surface area (Å²) in [5.41, 5.74) is 1.14. The average molecular weight is 178 g/mol. The van der Waals surface area contributed by atoms with Gasteiger partial charge < -0.3 is 4.57 Å². The van der Waals surface area contributed by atoms with Crippen LogP contribution in [0.5, 0.6) is 0 Å². The number of aryl methyl sites for hydroxylation is 1. The zero-order chi connectivity index (χ0) is 9.26. The molecule has 72 valence electrons. The molecule has 1 aliphatic carbocycles. The number of imidazole rings is 1. The fraction of sp³-hybridized carbons (Fsp3) is 0.727. The summed E-state index contributed by atoms with van der Waals surface area (Å²) in [5.74, 6) is 0.931. The van der Waals surface area contributed by atoms with Crippen LogP contribution in [0.2, 0.25) is 0 Å². The summed E-state index contributed by atoms with van der Waals surface area (Å²) in [7, 11) is 0. The summed E-state index contributed by atoms with van der Waals surface area (Å²) in [5, 5.41) is 0. The third-order valence-corrected chi connectivity index (χ3v) is 3.14. The molecule has 0 amide bonds. The Bertz CT molecular complexity index is 269. The van der Waals surface area contributed by atoms with E-state index in [2.05, 4.69) is 29.6 Å². The zero-order valence-corrected chi connectivity index (χ0v) is 8.53. The van der Waals surface area contributed by atoms with E-state index in [1.54, 1.807) is 0 Å². The molecule has 0 aliphatic heterocycles. The molecule has 0 N–H and O–H groups in total. The van der Waals surface area contributed by atoms with Crippen molar-refractivity contribution in [2.24, 2.45) is 5.92 Å². The molecule has 2 heteroatoms. The standard InChI is InChI=1S/C11H18N2/c1-9-3-5-11(6-4-9)13-7-10(2)12-8-13/h7-9,11H,3-6H2,1-2H3. The molecule has 1 aromatic rings. The van der Waals surface area contributed by atoms with Crippen molar-refractivity contribution in [2.75, 3.05) is 0 Å². The first-order valence-corrected chi connectivity index (χ1v) is 5.26. The molecule has 0 bridgehead atoms. The van der Waals surface area contributed by atoms with Crippen molar-refractivity contribution in [1.82, 2.24) is 9.55 Å². The third-order valence-electron chi connectivity index (χ3n) is 3.14. The lowest BCUT2D eigenvalue weighted by Gasteiger charge is -2.26. The molecule has 0 radical (unpaired) electrons. The van der Waals surface area contributed by atoms with E-state index in [0.29, 0.717) is 0 Å². The van der Waals surface area contributed by atoms with Gasteiger partial charge in [0.2, 0.25) is 0 Å². The Morgan fingerprint density at radius 1 is 1.31 bits per heavy atom. The molecular weight excluding hydrogens is 160 g/mol. The molecule has 1 aromatic heterocycles. The average Bonchev–Trinajstić information content (AvgIpc) is 2.53. The van der Waals surface area contributed by atoms with E-state index < -0.39 is 0 Å². The summed E-state index contributed by atoms with van der Waals surface area (Å²) in [4.78, 5) is 4.27. The Morgan fingerprint density at radius 3 is 2.54 bits per heavy atom. The Labute approximate surface area is 80.0 Å². The molecule has 0 atom stereocenters. The van der Waals surface area contributed by atoms with Gasteiger partial charge in [-0.2, -0.15) is 0 Å². The quantitative estimate of drug-likeness (QED) is 0.646. The number of hydrogen-bond acceptors (Lipinski definition) is 1. The fourth-order valence-electron chi connectivity index (χ4n) is 2.18. The molecule has 13 heavy (non-hydrogen) atoms. The van der Waals surface area contributed by atoms with Crippen LogP contribution in [-0.2, 0) is 0 Å². The number of nitrogens with zero attached hydrogens (tertiary/aromatic N) is 2. The molecule has 0 spiro atoms. The molecule has 0 saturated heterocycles. The zero-order valence-electron chi connectivity index (χ0n) is 8.53. The first-order valence-electron chi connectivity index (χ1n) is 5.26. The maximum absolute atomic E-state index is 4.27. The van der Waals surface area contributed by atoms with Gasteiger partial charge in [-0.15, -0.1) is 0 Å². The van der Waals surface area contributed by atoms with Gasteiger partial charge in [0.05, 0.1) is 12.0 Å². The normalized spacial score (nSPS) is 29.1. The predicted molar refractivity (Wildman–Crippen MR) is 53.6 cm³/mol. The van der Waals surface area contributed by atoms with Gasteiger partial charge in [0.15, 0.2) is 0 Å². The van der Waals surface area contributed by atoms with Crippen molar-refractivity contribution < 1.29 is 0 Å². The Hall–Kier alpha value is -0.790. The lowest BCUT2D eigenvalue weighted by molar-refractivity contribution is 0.289. The van der Waals surface area contributed by atoms with Crippen LogP contribution < -0.4 is 0 Å². The molecule has 2 rings (SSSR count). The van der Waals surface area contributed by atoms with Gasteiger partial charge in [0.25, 0.3) is 0 Å². The highest BCUT2D eigenvalue weighted by Crippen LogP contribution is 2.31. The second-order valence-corrected chi connectivity index (χ2v) is 4.38. The van der Waals surface area contributed by atoms with Gasteiger partial charge in [-0.25, -0.2) is 4.98 Å². The summed E-state index contributed by atoms with van der Waals surface area (Å²) in [6, 6.07) is 0.720. The summed E-state index contributed by atoms with van der Waals surface area (Å²) in [6.07, 6.45) is 9.56. The Balaban J connectivity index is 2.02. The van der Waals surface area contributed by atoms with Crippen LogP contribution in [-0.4, -0.2) is 9.55 Å². The number of rotatable bonds is 1. The summed E-state index contributed by atoms with van der Waals surface area (Å²) >= 11 is 0. The highest BCUT2D eigenvalue weighted by atomic mass is 15.1. The molecule has 0 unspecified atom stereocenters. The van der Waals surface area contributed by atoms with Crippen LogP contribution in [0.3, 0.4) is 0 Å². The summed E-state index contributed by atoms with van der Waals surface area (Å²) in [6.45, 7) is 4.41. The van der Waals surface area contributed by atoms with E-state index in [4.69, 9.17) is 0 Å². The SMILES string of the molecule is Cc1cn(C2CCC(C)CC2)cn1. The van der Waals surface area contributed by atoms with E-state index in [9.17, 15) is 0 Å². The second-order valence-electron chi connectivity index (χ2n) is 4.38. The van der Waals surface area contributed by atoms with E-state index >= 15 is 0 Å². The Kier molecular flexibility index (Phi) is 2.38. The minimum absolute atomic E-state index is 0.720. The van der Waals surface area contributed by atoms with Gasteiger partial charge in [-0.3, -0.25) is 0 Å². The second kappa shape index (κ2) is 3.52. The topological polar surface area (TPSA) is 17.8 Å². The van der Waals surface area contributed by atoms with Crippen molar-refractivity contribution in [1.29, 1.82) is 0 Å². The maximum Gasteiger partial charge on any atom is 0.0951 e. The molecule has 1 saturated carbocycles. The van der Waals surface area contributed by atoms with E-state index in [1.807, 2.05) is 6.33 Å². The van der Waals surface area contributed by atoms with Crippen LogP contribution in [0.4, 0.5) is 0 Å². The molecule has 1 heterocycles. The number of hydrogen-bond donors (Lipinski definition) is 0. The van der Waals surface area contributed by atoms with Gasteiger partial charge in [-0.1, -0.05) is 6.92 Å². The maximum atomic E-state index is 4.27. The van der Waals surface area contributed by atoms with E-state index in [0.717, 1.165) is 17.7 Å². The molecule has 0 aromatic carbocycles. The Morgan fingerprint density at radius 2 is 2.00 bits per heavy atom. The highest BCUT2D eigenvalue weighted by molar-refractivity contribution is 4.95. The van der Waals surface area contributed by atoms with Gasteiger partial charge in [-0.05, 0) is 38.5 Å². The van der Waals surface area contributed by atoms with E-state index in [-0.39, 0.29) is 0 Å². The minimum Gasteiger partial charge on any atom is -0.334 e. The molecule has 1 aliphatic rings. The largest absolute Gasteiger partial charge is 0.334 e. The molecule has 1 fully saturated rings. The first kappa shape index (κ1) is 8.79. The van der Waals surface area contributed by atoms with Crippen LogP contribution in [0, 0.1) is 12.8 Å². The monoisotopic (exact) mass is 178 g/mol. The van der Waals surface area contributed by atoms with Crippen molar-refractivity contribution in [3.05, 3.63) is 18.2 Å². The number of aromatic nitrogens is 2.